The zero-order chi connectivity index (χ0) is 25.9. The normalized spacial score (nSPS) is 16.6. The average Bonchev–Trinajstić information content (AvgIpc) is 2.78. The Balaban J connectivity index is 2.52. The van der Waals surface area contributed by atoms with Crippen molar-refractivity contribution < 1.29 is 19.0 Å². The SMILES string of the molecule is CCC(C)COC(=O)C(C)(CC)CCCOC(C)Oc1ccc(C(CC(C)(C)C)C(C)C)cc1. The van der Waals surface area contributed by atoms with E-state index in [0.29, 0.717) is 36.4 Å². The van der Waals surface area contributed by atoms with Gasteiger partial charge in [-0.05, 0) is 80.4 Å². The fourth-order valence-electron chi connectivity index (χ4n) is 4.06. The lowest BCUT2D eigenvalue weighted by molar-refractivity contribution is -0.157. The summed E-state index contributed by atoms with van der Waals surface area (Å²) in [6.07, 6.45) is 4.13. The van der Waals surface area contributed by atoms with E-state index in [-0.39, 0.29) is 12.3 Å². The van der Waals surface area contributed by atoms with Crippen molar-refractivity contribution in [3.05, 3.63) is 29.8 Å². The Kier molecular flexibility index (Phi) is 12.7. The number of rotatable bonds is 15. The first-order valence-electron chi connectivity index (χ1n) is 13.4. The number of carbonyl (C=O) groups is 1. The topological polar surface area (TPSA) is 44.8 Å². The Morgan fingerprint density at radius 1 is 0.971 bits per heavy atom. The van der Waals surface area contributed by atoms with Crippen LogP contribution in [0.4, 0.5) is 0 Å². The van der Waals surface area contributed by atoms with E-state index >= 15 is 0 Å². The highest BCUT2D eigenvalue weighted by Crippen LogP contribution is 2.37. The van der Waals surface area contributed by atoms with Crippen LogP contribution in [0.3, 0.4) is 0 Å². The quantitative estimate of drug-likeness (QED) is 0.145. The van der Waals surface area contributed by atoms with Gasteiger partial charge in [-0.15, -0.1) is 0 Å². The molecule has 4 nitrogen and oxygen atoms in total. The number of esters is 1. The highest BCUT2D eigenvalue weighted by atomic mass is 16.7. The van der Waals surface area contributed by atoms with Crippen LogP contribution in [0, 0.1) is 22.7 Å². The molecule has 0 fully saturated rings. The van der Waals surface area contributed by atoms with Gasteiger partial charge in [0.1, 0.15) is 5.75 Å². The van der Waals surface area contributed by atoms with Crippen LogP contribution in [0.1, 0.15) is 113 Å². The van der Waals surface area contributed by atoms with E-state index < -0.39 is 5.41 Å². The molecule has 1 aromatic rings. The van der Waals surface area contributed by atoms with Crippen molar-refractivity contribution in [3.63, 3.8) is 0 Å². The highest BCUT2D eigenvalue weighted by Gasteiger charge is 2.32. The maximum atomic E-state index is 12.6. The monoisotopic (exact) mass is 476 g/mol. The van der Waals surface area contributed by atoms with Crippen LogP contribution >= 0.6 is 0 Å². The van der Waals surface area contributed by atoms with E-state index in [1.54, 1.807) is 0 Å². The average molecular weight is 477 g/mol. The molecule has 4 heteroatoms. The van der Waals surface area contributed by atoms with Gasteiger partial charge in [-0.1, -0.05) is 73.9 Å². The van der Waals surface area contributed by atoms with E-state index in [2.05, 4.69) is 72.7 Å². The molecule has 0 aromatic heterocycles. The van der Waals surface area contributed by atoms with Crippen molar-refractivity contribution >= 4 is 5.97 Å². The van der Waals surface area contributed by atoms with Crippen LogP contribution in [0.25, 0.3) is 0 Å². The fraction of sp³-hybridized carbons (Fsp3) is 0.767. The van der Waals surface area contributed by atoms with Crippen molar-refractivity contribution in [2.45, 2.75) is 114 Å². The van der Waals surface area contributed by atoms with Gasteiger partial charge < -0.3 is 14.2 Å². The van der Waals surface area contributed by atoms with Crippen molar-refractivity contribution in [1.82, 2.24) is 0 Å². The molecule has 0 aliphatic carbocycles. The van der Waals surface area contributed by atoms with Crippen LogP contribution in [-0.4, -0.2) is 25.5 Å². The molecule has 0 aliphatic rings. The summed E-state index contributed by atoms with van der Waals surface area (Å²) < 4.78 is 17.4. The standard InChI is InChI=1S/C30H52O4/c1-11-23(5)21-33-28(31)30(10,12-2)18-13-19-32-24(6)34-26-16-14-25(15-17-26)27(22(3)4)20-29(7,8)9/h14-17,22-24,27H,11-13,18-21H2,1-10H3. The van der Waals surface area contributed by atoms with Gasteiger partial charge >= 0.3 is 5.97 Å². The fourth-order valence-corrected chi connectivity index (χ4v) is 4.06. The Morgan fingerprint density at radius 3 is 2.09 bits per heavy atom. The highest BCUT2D eigenvalue weighted by molar-refractivity contribution is 5.76. The lowest BCUT2D eigenvalue weighted by atomic mass is 9.76. The third-order valence-corrected chi connectivity index (χ3v) is 6.94. The first-order valence-corrected chi connectivity index (χ1v) is 13.4. The van der Waals surface area contributed by atoms with Crippen molar-refractivity contribution in [1.29, 1.82) is 0 Å². The van der Waals surface area contributed by atoms with E-state index in [1.165, 1.54) is 5.56 Å². The second kappa shape index (κ2) is 14.1. The first-order chi connectivity index (χ1) is 15.8. The summed E-state index contributed by atoms with van der Waals surface area (Å²) in [6, 6.07) is 8.48. The molecule has 196 valence electrons. The summed E-state index contributed by atoms with van der Waals surface area (Å²) in [6.45, 7) is 22.7. The second-order valence-corrected chi connectivity index (χ2v) is 11.9. The molecule has 0 spiro atoms. The summed E-state index contributed by atoms with van der Waals surface area (Å²) in [4.78, 5) is 12.6. The van der Waals surface area contributed by atoms with Crippen LogP contribution in [0.2, 0.25) is 0 Å². The molecular weight excluding hydrogens is 424 g/mol. The summed E-state index contributed by atoms with van der Waals surface area (Å²) in [5, 5.41) is 0. The molecule has 0 radical (unpaired) electrons. The molecule has 1 rings (SSSR count). The van der Waals surface area contributed by atoms with Gasteiger partial charge in [0.05, 0.1) is 18.6 Å². The van der Waals surface area contributed by atoms with Gasteiger partial charge in [0.2, 0.25) is 0 Å². The Morgan fingerprint density at radius 2 is 1.59 bits per heavy atom. The minimum atomic E-state index is -0.462. The molecule has 0 bridgehead atoms. The number of hydrogen-bond donors (Lipinski definition) is 0. The van der Waals surface area contributed by atoms with Crippen molar-refractivity contribution in [2.24, 2.45) is 22.7 Å². The van der Waals surface area contributed by atoms with Crippen molar-refractivity contribution in [2.75, 3.05) is 13.2 Å². The minimum Gasteiger partial charge on any atom is -0.465 e. The summed E-state index contributed by atoms with van der Waals surface area (Å²) in [5.74, 6) is 2.25. The molecule has 4 unspecified atom stereocenters. The Labute approximate surface area is 210 Å². The smallest absolute Gasteiger partial charge is 0.311 e. The number of carbonyl (C=O) groups excluding carboxylic acids is 1. The Hall–Kier alpha value is -1.55. The van der Waals surface area contributed by atoms with Crippen LogP contribution in [0.5, 0.6) is 5.75 Å². The van der Waals surface area contributed by atoms with Crippen LogP contribution < -0.4 is 4.74 Å². The molecule has 0 N–H and O–H groups in total. The molecule has 0 amide bonds. The largest absolute Gasteiger partial charge is 0.465 e. The minimum absolute atomic E-state index is 0.0918. The van der Waals surface area contributed by atoms with Gasteiger partial charge in [-0.25, -0.2) is 0 Å². The van der Waals surface area contributed by atoms with Gasteiger partial charge in [0, 0.05) is 0 Å². The number of hydrogen-bond acceptors (Lipinski definition) is 4. The molecule has 34 heavy (non-hydrogen) atoms. The summed E-state index contributed by atoms with van der Waals surface area (Å²) in [5.41, 5.74) is 1.20. The Bertz CT molecular complexity index is 704. The maximum Gasteiger partial charge on any atom is 0.311 e. The third kappa shape index (κ3) is 10.8. The summed E-state index contributed by atoms with van der Waals surface area (Å²) >= 11 is 0. The number of benzene rings is 1. The molecule has 0 aliphatic heterocycles. The van der Waals surface area contributed by atoms with E-state index in [0.717, 1.165) is 37.9 Å². The second-order valence-electron chi connectivity index (χ2n) is 11.9. The molecule has 0 saturated heterocycles. The molecule has 0 heterocycles. The third-order valence-electron chi connectivity index (χ3n) is 6.94. The van der Waals surface area contributed by atoms with Crippen LogP contribution in [0.15, 0.2) is 24.3 Å². The van der Waals surface area contributed by atoms with Gasteiger partial charge in [0.25, 0.3) is 0 Å². The molecule has 1 aromatic carbocycles. The van der Waals surface area contributed by atoms with E-state index in [9.17, 15) is 4.79 Å². The zero-order valence-electron chi connectivity index (χ0n) is 23.7. The van der Waals surface area contributed by atoms with Gasteiger partial charge in [-0.2, -0.15) is 0 Å². The zero-order valence-corrected chi connectivity index (χ0v) is 23.7. The molecule has 0 saturated carbocycles. The predicted octanol–water partition coefficient (Wildman–Crippen LogP) is 8.39. The number of ether oxygens (including phenoxy) is 3. The van der Waals surface area contributed by atoms with Gasteiger partial charge in [-0.3, -0.25) is 4.79 Å². The predicted molar refractivity (Wildman–Crippen MR) is 142 cm³/mol. The van der Waals surface area contributed by atoms with Gasteiger partial charge in [0.15, 0.2) is 6.29 Å². The molecular formula is C30H52O4. The van der Waals surface area contributed by atoms with E-state index in [4.69, 9.17) is 14.2 Å². The lowest BCUT2D eigenvalue weighted by Crippen LogP contribution is -2.31. The summed E-state index contributed by atoms with van der Waals surface area (Å²) in [7, 11) is 0. The molecule has 4 atom stereocenters. The van der Waals surface area contributed by atoms with Crippen LogP contribution in [-0.2, 0) is 14.3 Å². The van der Waals surface area contributed by atoms with Crippen molar-refractivity contribution in [3.8, 4) is 5.75 Å². The first kappa shape index (κ1) is 30.5. The maximum absolute atomic E-state index is 12.6. The van der Waals surface area contributed by atoms with E-state index in [1.807, 2.05) is 20.8 Å². The lowest BCUT2D eigenvalue weighted by Gasteiger charge is -2.29.